The van der Waals surface area contributed by atoms with Crippen LogP contribution in [-0.2, 0) is 14.8 Å². The van der Waals surface area contributed by atoms with Crippen LogP contribution in [0.5, 0.6) is 11.5 Å². The fraction of sp³-hybridized carbons (Fsp3) is 0.222. The fourth-order valence-electron chi connectivity index (χ4n) is 2.73. The summed E-state index contributed by atoms with van der Waals surface area (Å²) < 4.78 is 34.2. The molecule has 2 aromatic rings. The van der Waals surface area contributed by atoms with Crippen molar-refractivity contribution in [2.45, 2.75) is 14.9 Å². The molecule has 30 heavy (non-hydrogen) atoms. The first-order chi connectivity index (χ1) is 14.1. The van der Waals surface area contributed by atoms with E-state index in [0.717, 1.165) is 0 Å². The van der Waals surface area contributed by atoms with E-state index in [1.807, 2.05) is 0 Å². The molecular formula is C18H15Cl3N2O6S. The highest BCUT2D eigenvalue weighted by Gasteiger charge is 2.43. The third-order valence-electron chi connectivity index (χ3n) is 4.10. The summed E-state index contributed by atoms with van der Waals surface area (Å²) in [6, 6.07) is 12.1. The van der Waals surface area contributed by atoms with Crippen LogP contribution >= 0.6 is 34.8 Å². The van der Waals surface area contributed by atoms with Crippen LogP contribution in [0, 0.1) is 0 Å². The molecule has 12 heteroatoms. The molecule has 1 atom stereocenters. The van der Waals surface area contributed by atoms with Crippen molar-refractivity contribution in [3.63, 3.8) is 0 Å². The lowest BCUT2D eigenvalue weighted by Gasteiger charge is -2.27. The summed E-state index contributed by atoms with van der Waals surface area (Å²) in [5.74, 6) is -1.24. The molecule has 1 aliphatic heterocycles. The van der Waals surface area contributed by atoms with Crippen LogP contribution in [0.2, 0.25) is 0 Å². The van der Waals surface area contributed by atoms with Crippen molar-refractivity contribution in [3.05, 3.63) is 54.1 Å². The van der Waals surface area contributed by atoms with Gasteiger partial charge in [-0.15, -0.1) is 0 Å². The average Bonchev–Trinajstić information content (AvgIpc) is 2.88. The Morgan fingerprint density at radius 2 is 1.70 bits per heavy atom. The second-order valence-electron chi connectivity index (χ2n) is 6.07. The molecule has 2 amide bonds. The summed E-state index contributed by atoms with van der Waals surface area (Å²) in [5.41, 5.74) is -0.0199. The molecule has 2 aromatic carbocycles. The molecule has 8 nitrogen and oxygen atoms in total. The predicted octanol–water partition coefficient (Wildman–Crippen LogP) is 2.73. The SMILES string of the molecule is COc1ccccc1O[C@H](NC(=O)CN1C(=O)c2ccccc2S1(=O)=O)C(Cl)(Cl)Cl. The van der Waals surface area contributed by atoms with Crippen LogP contribution in [-0.4, -0.2) is 48.2 Å². The molecule has 0 radical (unpaired) electrons. The van der Waals surface area contributed by atoms with Crippen LogP contribution in [0.4, 0.5) is 0 Å². The molecular weight excluding hydrogens is 479 g/mol. The zero-order chi connectivity index (χ0) is 22.1. The lowest BCUT2D eigenvalue weighted by molar-refractivity contribution is -0.123. The molecule has 1 heterocycles. The van der Waals surface area contributed by atoms with Crippen LogP contribution in [0.25, 0.3) is 0 Å². The Morgan fingerprint density at radius 1 is 1.10 bits per heavy atom. The van der Waals surface area contributed by atoms with Crippen LogP contribution in [0.3, 0.4) is 0 Å². The van der Waals surface area contributed by atoms with E-state index in [9.17, 15) is 18.0 Å². The zero-order valence-electron chi connectivity index (χ0n) is 15.3. The number of methoxy groups -OCH3 is 1. The number of halogens is 3. The molecule has 0 fully saturated rings. The van der Waals surface area contributed by atoms with E-state index in [-0.39, 0.29) is 16.2 Å². The maximum absolute atomic E-state index is 12.6. The summed E-state index contributed by atoms with van der Waals surface area (Å²) in [6.07, 6.45) is -1.51. The molecule has 0 aliphatic carbocycles. The number of nitrogens with zero attached hydrogens (tertiary/aromatic N) is 1. The molecule has 0 unspecified atom stereocenters. The Kier molecular flexibility index (Phi) is 6.37. The first-order valence-electron chi connectivity index (χ1n) is 8.37. The van der Waals surface area contributed by atoms with Crippen molar-refractivity contribution in [2.24, 2.45) is 0 Å². The third-order valence-corrected chi connectivity index (χ3v) is 6.48. The van der Waals surface area contributed by atoms with E-state index < -0.39 is 38.4 Å². The summed E-state index contributed by atoms with van der Waals surface area (Å²) >= 11 is 17.7. The zero-order valence-corrected chi connectivity index (χ0v) is 18.4. The number of amides is 2. The minimum atomic E-state index is -4.17. The van der Waals surface area contributed by atoms with Gasteiger partial charge in [0, 0.05) is 0 Å². The van der Waals surface area contributed by atoms with Crippen LogP contribution < -0.4 is 14.8 Å². The topological polar surface area (TPSA) is 102 Å². The number of para-hydroxylation sites is 2. The van der Waals surface area contributed by atoms with Crippen molar-refractivity contribution in [3.8, 4) is 11.5 Å². The first-order valence-corrected chi connectivity index (χ1v) is 10.9. The fourth-order valence-corrected chi connectivity index (χ4v) is 4.55. The lowest BCUT2D eigenvalue weighted by Crippen LogP contribution is -2.51. The van der Waals surface area contributed by atoms with E-state index in [0.29, 0.717) is 10.1 Å². The third kappa shape index (κ3) is 4.44. The summed E-state index contributed by atoms with van der Waals surface area (Å²) in [6.45, 7) is -0.817. The first kappa shape index (κ1) is 22.5. The number of hydrogen-bond donors (Lipinski definition) is 1. The van der Waals surface area contributed by atoms with Gasteiger partial charge >= 0.3 is 0 Å². The van der Waals surface area contributed by atoms with Crippen molar-refractivity contribution < 1.29 is 27.5 Å². The van der Waals surface area contributed by atoms with Crippen LogP contribution in [0.1, 0.15) is 10.4 Å². The monoisotopic (exact) mass is 492 g/mol. The highest BCUT2D eigenvalue weighted by atomic mass is 35.6. The van der Waals surface area contributed by atoms with Gasteiger partial charge in [0.15, 0.2) is 11.5 Å². The van der Waals surface area contributed by atoms with Crippen LogP contribution in [0.15, 0.2) is 53.4 Å². The number of rotatable bonds is 6. The smallest absolute Gasteiger partial charge is 0.269 e. The highest BCUT2D eigenvalue weighted by Crippen LogP contribution is 2.35. The Morgan fingerprint density at radius 3 is 2.30 bits per heavy atom. The second kappa shape index (κ2) is 8.50. The summed E-state index contributed by atoms with van der Waals surface area (Å²) in [5, 5.41) is 2.30. The van der Waals surface area contributed by atoms with Crippen molar-refractivity contribution >= 4 is 56.6 Å². The van der Waals surface area contributed by atoms with Gasteiger partial charge in [-0.3, -0.25) is 9.59 Å². The number of nitrogens with one attached hydrogen (secondary N) is 1. The molecule has 3 rings (SSSR count). The van der Waals surface area contributed by atoms with Crippen molar-refractivity contribution in [2.75, 3.05) is 13.7 Å². The summed E-state index contributed by atoms with van der Waals surface area (Å²) in [4.78, 5) is 24.8. The predicted molar refractivity (Wildman–Crippen MR) is 111 cm³/mol. The molecule has 0 bridgehead atoms. The second-order valence-corrected chi connectivity index (χ2v) is 10.3. The number of alkyl halides is 3. The number of benzene rings is 2. The van der Waals surface area contributed by atoms with Crippen molar-refractivity contribution in [1.82, 2.24) is 9.62 Å². The number of fused-ring (bicyclic) bond motifs is 1. The summed E-state index contributed by atoms with van der Waals surface area (Å²) in [7, 11) is -2.76. The van der Waals surface area contributed by atoms with Gasteiger partial charge in [-0.1, -0.05) is 59.1 Å². The molecule has 0 spiro atoms. The average molecular weight is 494 g/mol. The number of hydrogen-bond acceptors (Lipinski definition) is 6. The van der Waals surface area contributed by atoms with Gasteiger partial charge in [-0.25, -0.2) is 12.7 Å². The Labute approximate surface area is 187 Å². The largest absolute Gasteiger partial charge is 0.493 e. The van der Waals surface area contributed by atoms with E-state index in [2.05, 4.69) is 5.32 Å². The minimum absolute atomic E-state index is 0.0199. The molecule has 1 N–H and O–H groups in total. The Balaban J connectivity index is 1.78. The molecule has 0 saturated carbocycles. The maximum Gasteiger partial charge on any atom is 0.269 e. The Bertz CT molecular complexity index is 1090. The minimum Gasteiger partial charge on any atom is -0.493 e. The van der Waals surface area contributed by atoms with E-state index >= 15 is 0 Å². The van der Waals surface area contributed by atoms with Crippen molar-refractivity contribution in [1.29, 1.82) is 0 Å². The van der Waals surface area contributed by atoms with E-state index in [1.165, 1.54) is 37.4 Å². The van der Waals surface area contributed by atoms with Gasteiger partial charge in [0.1, 0.15) is 11.4 Å². The highest BCUT2D eigenvalue weighted by molar-refractivity contribution is 7.90. The number of sulfonamides is 1. The van der Waals surface area contributed by atoms with Gasteiger partial charge < -0.3 is 14.8 Å². The quantitative estimate of drug-likeness (QED) is 0.490. The number of carbonyl (C=O) groups excluding carboxylic acids is 2. The normalized spacial score (nSPS) is 16.0. The van der Waals surface area contributed by atoms with E-state index in [1.54, 1.807) is 18.2 Å². The Hall–Kier alpha value is -2.20. The van der Waals surface area contributed by atoms with Gasteiger partial charge in [-0.05, 0) is 24.3 Å². The molecule has 1 aliphatic rings. The lowest BCUT2D eigenvalue weighted by atomic mass is 10.2. The molecule has 0 saturated heterocycles. The van der Waals surface area contributed by atoms with E-state index in [4.69, 9.17) is 44.3 Å². The standard InChI is InChI=1S/C18H15Cl3N2O6S/c1-28-12-7-3-4-8-13(12)29-17(18(19,20)21)22-15(24)10-23-16(25)11-6-2-5-9-14(11)30(23,26)27/h2-9,17H,10H2,1H3,(H,22,24)/t17-/m0/s1. The molecule has 160 valence electrons. The number of ether oxygens (including phenoxy) is 2. The van der Waals surface area contributed by atoms with Gasteiger partial charge in [0.2, 0.25) is 15.9 Å². The number of carbonyl (C=O) groups is 2. The van der Waals surface area contributed by atoms with Gasteiger partial charge in [-0.2, -0.15) is 0 Å². The molecule has 0 aromatic heterocycles. The maximum atomic E-state index is 12.6. The van der Waals surface area contributed by atoms with Gasteiger partial charge in [0.05, 0.1) is 12.7 Å². The van der Waals surface area contributed by atoms with Gasteiger partial charge in [0.25, 0.3) is 15.9 Å².